The molecule has 2 heterocycles. The third-order valence-corrected chi connectivity index (χ3v) is 6.97. The van der Waals surface area contributed by atoms with Crippen LogP contribution in [0.3, 0.4) is 0 Å². The molecule has 0 spiro atoms. The summed E-state index contributed by atoms with van der Waals surface area (Å²) in [6.07, 6.45) is 2.17. The summed E-state index contributed by atoms with van der Waals surface area (Å²) in [5.41, 5.74) is 0.460. The normalized spacial score (nSPS) is 18.9. The van der Waals surface area contributed by atoms with Crippen molar-refractivity contribution in [2.45, 2.75) is 108 Å². The molecule has 0 bridgehead atoms. The highest BCUT2D eigenvalue weighted by Crippen LogP contribution is 2.42. The number of hydrogen-bond donors (Lipinski definition) is 1. The first-order valence-corrected chi connectivity index (χ1v) is 13.5. The van der Waals surface area contributed by atoms with Gasteiger partial charge in [0.2, 0.25) is 11.8 Å². The van der Waals surface area contributed by atoms with E-state index in [1.807, 2.05) is 0 Å². The van der Waals surface area contributed by atoms with E-state index < -0.39 is 35.2 Å². The molecule has 0 saturated heterocycles. The Morgan fingerprint density at radius 2 is 1.39 bits per heavy atom. The first-order valence-electron chi connectivity index (χ1n) is 13.5. The molecule has 2 aliphatic rings. The number of aromatic nitrogens is 2. The minimum Gasteiger partial charge on any atom is -0.444 e. The van der Waals surface area contributed by atoms with Gasteiger partial charge in [-0.05, 0) is 64.2 Å². The molecule has 2 aliphatic carbocycles. The second kappa shape index (κ2) is 13.1. The van der Waals surface area contributed by atoms with Crippen molar-refractivity contribution < 1.29 is 35.9 Å². The Morgan fingerprint density at radius 1 is 0.927 bits per heavy atom. The molecule has 2 aromatic rings. The van der Waals surface area contributed by atoms with E-state index in [4.69, 9.17) is 10.00 Å². The molecular weight excluding hydrogens is 550 g/mol. The highest BCUT2D eigenvalue weighted by molar-refractivity contribution is 5.67. The van der Waals surface area contributed by atoms with Gasteiger partial charge in [0, 0.05) is 56.5 Å². The molecule has 0 radical (unpaired) electrons. The van der Waals surface area contributed by atoms with Gasteiger partial charge in [0.1, 0.15) is 23.3 Å². The van der Waals surface area contributed by atoms with Crippen LogP contribution in [0.5, 0.6) is 0 Å². The SMILES string of the molecule is CC(C)(C)OC(=O)NCc1cnc(C2CCC(F)(F)CC2)c(F)c1.N#Cc1cnc(C2CCC(F)(F)CC2)c(F)c1. The van der Waals surface area contributed by atoms with E-state index in [-0.39, 0.29) is 86.7 Å². The zero-order valence-electron chi connectivity index (χ0n) is 23.3. The molecule has 2 fully saturated rings. The second-order valence-electron chi connectivity index (χ2n) is 11.5. The molecule has 2 aromatic heterocycles. The van der Waals surface area contributed by atoms with Gasteiger partial charge >= 0.3 is 6.09 Å². The summed E-state index contributed by atoms with van der Waals surface area (Å²) in [7, 11) is 0. The monoisotopic (exact) mass is 584 g/mol. The fraction of sp³-hybridized carbons (Fsp3) is 0.586. The minimum atomic E-state index is -2.65. The quantitative estimate of drug-likeness (QED) is 0.369. The lowest BCUT2D eigenvalue weighted by molar-refractivity contribution is -0.0392. The summed E-state index contributed by atoms with van der Waals surface area (Å²) < 4.78 is 85.2. The number of rotatable bonds is 4. The van der Waals surface area contributed by atoms with E-state index in [2.05, 4.69) is 15.3 Å². The van der Waals surface area contributed by atoms with Gasteiger partial charge in [-0.3, -0.25) is 9.97 Å². The van der Waals surface area contributed by atoms with Crippen LogP contribution in [-0.4, -0.2) is 33.5 Å². The Morgan fingerprint density at radius 3 is 1.80 bits per heavy atom. The number of nitrogens with zero attached hydrogens (tertiary/aromatic N) is 3. The number of amides is 1. The maximum Gasteiger partial charge on any atom is 0.407 e. The van der Waals surface area contributed by atoms with E-state index in [1.165, 1.54) is 18.5 Å². The van der Waals surface area contributed by atoms with Gasteiger partial charge in [-0.2, -0.15) is 5.26 Å². The van der Waals surface area contributed by atoms with Gasteiger partial charge in [-0.25, -0.2) is 31.1 Å². The molecule has 12 heteroatoms. The first kappa shape index (κ1) is 32.2. The Kier molecular flexibility index (Phi) is 10.3. The molecule has 0 unspecified atom stereocenters. The molecule has 0 aromatic carbocycles. The van der Waals surface area contributed by atoms with Crippen molar-refractivity contribution in [3.63, 3.8) is 0 Å². The van der Waals surface area contributed by atoms with Crippen LogP contribution in [-0.2, 0) is 11.3 Å². The number of halogens is 6. The minimum absolute atomic E-state index is 0.0852. The number of hydrogen-bond acceptors (Lipinski definition) is 5. The zero-order chi connectivity index (χ0) is 30.4. The first-order chi connectivity index (χ1) is 19.1. The van der Waals surface area contributed by atoms with Gasteiger partial charge in [0.05, 0.1) is 17.0 Å². The van der Waals surface area contributed by atoms with Crippen LogP contribution in [0.25, 0.3) is 0 Å². The van der Waals surface area contributed by atoms with Crippen LogP contribution in [0.4, 0.5) is 31.1 Å². The maximum atomic E-state index is 14.2. The zero-order valence-corrected chi connectivity index (χ0v) is 23.3. The number of alkyl halides is 4. The third kappa shape index (κ3) is 9.90. The summed E-state index contributed by atoms with van der Waals surface area (Å²) in [6.45, 7) is 5.32. The molecule has 0 atom stereocenters. The topological polar surface area (TPSA) is 87.9 Å². The number of carbonyl (C=O) groups is 1. The molecule has 0 aliphatic heterocycles. The average molecular weight is 585 g/mol. The maximum absolute atomic E-state index is 14.2. The van der Waals surface area contributed by atoms with Gasteiger partial charge in [-0.1, -0.05) is 0 Å². The fourth-order valence-electron chi connectivity index (χ4n) is 4.81. The van der Waals surface area contributed by atoms with Crippen LogP contribution in [0.15, 0.2) is 24.5 Å². The molecule has 1 amide bonds. The predicted molar refractivity (Wildman–Crippen MR) is 138 cm³/mol. The van der Waals surface area contributed by atoms with Crippen molar-refractivity contribution in [2.24, 2.45) is 0 Å². The largest absolute Gasteiger partial charge is 0.444 e. The van der Waals surface area contributed by atoms with Gasteiger partial charge in [0.15, 0.2) is 0 Å². The molecule has 1 N–H and O–H groups in total. The van der Waals surface area contributed by atoms with Crippen molar-refractivity contribution in [3.8, 4) is 6.07 Å². The summed E-state index contributed by atoms with van der Waals surface area (Å²) in [5, 5.41) is 11.1. The van der Waals surface area contributed by atoms with Crippen LogP contribution in [0.2, 0.25) is 0 Å². The number of alkyl carbamates (subject to hydrolysis) is 1. The van der Waals surface area contributed by atoms with Gasteiger partial charge < -0.3 is 10.1 Å². The lowest BCUT2D eigenvalue weighted by atomic mass is 9.84. The molecule has 2 saturated carbocycles. The Bertz CT molecular complexity index is 1240. The van der Waals surface area contributed by atoms with E-state index in [0.29, 0.717) is 5.56 Å². The van der Waals surface area contributed by atoms with Gasteiger partial charge in [-0.15, -0.1) is 0 Å². The number of nitrogens with one attached hydrogen (secondary N) is 1. The third-order valence-electron chi connectivity index (χ3n) is 6.97. The van der Waals surface area contributed by atoms with Crippen molar-refractivity contribution in [3.05, 3.63) is 58.7 Å². The van der Waals surface area contributed by atoms with Crippen LogP contribution in [0, 0.1) is 23.0 Å². The lowest BCUT2D eigenvalue weighted by Crippen LogP contribution is -2.32. The van der Waals surface area contributed by atoms with E-state index in [0.717, 1.165) is 6.07 Å². The number of carbonyl (C=O) groups excluding carboxylic acids is 1. The molecule has 41 heavy (non-hydrogen) atoms. The molecular formula is C29H34F6N4O2. The Balaban J connectivity index is 0.000000239. The van der Waals surface area contributed by atoms with Crippen molar-refractivity contribution >= 4 is 6.09 Å². The molecule has 4 rings (SSSR count). The predicted octanol–water partition coefficient (Wildman–Crippen LogP) is 7.92. The highest BCUT2D eigenvalue weighted by atomic mass is 19.3. The summed E-state index contributed by atoms with van der Waals surface area (Å²) >= 11 is 0. The van der Waals surface area contributed by atoms with Crippen LogP contribution >= 0.6 is 0 Å². The fourth-order valence-corrected chi connectivity index (χ4v) is 4.81. The Labute approximate surface area is 235 Å². The summed E-state index contributed by atoms with van der Waals surface area (Å²) in [4.78, 5) is 19.5. The van der Waals surface area contributed by atoms with Crippen molar-refractivity contribution in [2.75, 3.05) is 0 Å². The number of pyridine rings is 2. The smallest absolute Gasteiger partial charge is 0.407 e. The highest BCUT2D eigenvalue weighted by Gasteiger charge is 2.37. The lowest BCUT2D eigenvalue weighted by Gasteiger charge is -2.28. The van der Waals surface area contributed by atoms with E-state index in [1.54, 1.807) is 26.8 Å². The number of nitriles is 1. The van der Waals surface area contributed by atoms with Crippen molar-refractivity contribution in [1.82, 2.24) is 15.3 Å². The molecule has 6 nitrogen and oxygen atoms in total. The molecule has 224 valence electrons. The van der Waals surface area contributed by atoms with Crippen LogP contribution in [0.1, 0.15) is 106 Å². The second-order valence-corrected chi connectivity index (χ2v) is 11.5. The van der Waals surface area contributed by atoms with Gasteiger partial charge in [0.25, 0.3) is 0 Å². The summed E-state index contributed by atoms with van der Waals surface area (Å²) in [6, 6.07) is 4.18. The van der Waals surface area contributed by atoms with Crippen LogP contribution < -0.4 is 5.32 Å². The van der Waals surface area contributed by atoms with E-state index >= 15 is 0 Å². The van der Waals surface area contributed by atoms with E-state index in [9.17, 15) is 31.1 Å². The standard InChI is InChI=1S/C17H23F3N2O2.C12H11F3N2/c1-16(2,3)24-15(23)22-10-11-8-13(18)14(21-9-11)12-4-6-17(19,20)7-5-12;13-10-5-8(6-16)7-17-11(10)9-1-3-12(14,15)4-2-9/h8-9,12H,4-7,10H2,1-3H3,(H,22,23);5,7,9H,1-4H2. The Hall–Kier alpha value is -3.36. The summed E-state index contributed by atoms with van der Waals surface area (Å²) in [5.74, 6) is -6.91. The number of ether oxygens (including phenoxy) is 1. The average Bonchev–Trinajstić information content (AvgIpc) is 2.87. The van der Waals surface area contributed by atoms with Crippen molar-refractivity contribution in [1.29, 1.82) is 5.26 Å².